The number of carbonyl (C=O) groups is 1. The van der Waals surface area contributed by atoms with Crippen molar-refractivity contribution in [1.82, 2.24) is 0 Å². The SMILES string of the molecule is CCOCC(C)OC(=O)c1ccc(Cl)c([N+](=O)[O-])c1. The van der Waals surface area contributed by atoms with Crippen molar-refractivity contribution in [2.24, 2.45) is 0 Å². The molecule has 0 heterocycles. The highest BCUT2D eigenvalue weighted by Gasteiger charge is 2.18. The van der Waals surface area contributed by atoms with Gasteiger partial charge < -0.3 is 9.47 Å². The van der Waals surface area contributed by atoms with Crippen LogP contribution in [0.5, 0.6) is 0 Å². The fraction of sp³-hybridized carbons (Fsp3) is 0.417. The molecule has 1 atom stereocenters. The molecule has 1 aromatic carbocycles. The molecule has 0 aliphatic carbocycles. The van der Waals surface area contributed by atoms with Gasteiger partial charge in [0.15, 0.2) is 0 Å². The summed E-state index contributed by atoms with van der Waals surface area (Å²) in [6.45, 7) is 4.31. The largest absolute Gasteiger partial charge is 0.457 e. The van der Waals surface area contributed by atoms with Gasteiger partial charge >= 0.3 is 5.97 Å². The first-order valence-corrected chi connectivity index (χ1v) is 6.06. The van der Waals surface area contributed by atoms with Gasteiger partial charge in [-0.15, -0.1) is 0 Å². The highest BCUT2D eigenvalue weighted by molar-refractivity contribution is 6.32. The average Bonchev–Trinajstić information content (AvgIpc) is 2.36. The van der Waals surface area contributed by atoms with Crippen molar-refractivity contribution in [1.29, 1.82) is 0 Å². The molecule has 6 nitrogen and oxygen atoms in total. The average molecular weight is 288 g/mol. The predicted molar refractivity (Wildman–Crippen MR) is 69.5 cm³/mol. The Morgan fingerprint density at radius 2 is 2.21 bits per heavy atom. The topological polar surface area (TPSA) is 78.7 Å². The summed E-state index contributed by atoms with van der Waals surface area (Å²) in [5.41, 5.74) is -0.243. The molecule has 0 amide bonds. The normalized spacial score (nSPS) is 11.9. The van der Waals surface area contributed by atoms with Gasteiger partial charge in [-0.1, -0.05) is 11.6 Å². The van der Waals surface area contributed by atoms with E-state index in [9.17, 15) is 14.9 Å². The van der Waals surface area contributed by atoms with Crippen LogP contribution in [0.15, 0.2) is 18.2 Å². The van der Waals surface area contributed by atoms with E-state index in [2.05, 4.69) is 0 Å². The summed E-state index contributed by atoms with van der Waals surface area (Å²) < 4.78 is 10.2. The Hall–Kier alpha value is -1.66. The number of ether oxygens (including phenoxy) is 2. The van der Waals surface area contributed by atoms with E-state index in [-0.39, 0.29) is 22.9 Å². The molecule has 0 N–H and O–H groups in total. The van der Waals surface area contributed by atoms with Gasteiger partial charge in [-0.2, -0.15) is 0 Å². The van der Waals surface area contributed by atoms with Crippen molar-refractivity contribution in [3.63, 3.8) is 0 Å². The van der Waals surface area contributed by atoms with Crippen LogP contribution in [0.2, 0.25) is 5.02 Å². The number of halogens is 1. The van der Waals surface area contributed by atoms with Gasteiger partial charge in [0.1, 0.15) is 11.1 Å². The number of hydrogen-bond acceptors (Lipinski definition) is 5. The zero-order chi connectivity index (χ0) is 14.4. The van der Waals surface area contributed by atoms with E-state index in [1.807, 2.05) is 6.92 Å². The van der Waals surface area contributed by atoms with Crippen molar-refractivity contribution in [3.8, 4) is 0 Å². The Morgan fingerprint density at radius 3 is 2.79 bits per heavy atom. The summed E-state index contributed by atoms with van der Waals surface area (Å²) in [5, 5.41) is 10.7. The summed E-state index contributed by atoms with van der Waals surface area (Å²) >= 11 is 5.66. The molecule has 1 aromatic rings. The van der Waals surface area contributed by atoms with E-state index in [1.54, 1.807) is 6.92 Å². The van der Waals surface area contributed by atoms with Crippen LogP contribution in [0.1, 0.15) is 24.2 Å². The zero-order valence-corrected chi connectivity index (χ0v) is 11.3. The van der Waals surface area contributed by atoms with E-state index in [0.29, 0.717) is 6.61 Å². The van der Waals surface area contributed by atoms with Gasteiger partial charge in [0, 0.05) is 12.7 Å². The minimum atomic E-state index is -0.650. The Labute approximate surface area is 115 Å². The van der Waals surface area contributed by atoms with Gasteiger partial charge in [-0.3, -0.25) is 10.1 Å². The van der Waals surface area contributed by atoms with E-state index in [1.165, 1.54) is 12.1 Å². The molecular weight excluding hydrogens is 274 g/mol. The molecule has 0 bridgehead atoms. The predicted octanol–water partition coefficient (Wildman–Crippen LogP) is 2.83. The Kier molecular flexibility index (Phi) is 5.72. The third-order valence-electron chi connectivity index (χ3n) is 2.24. The van der Waals surface area contributed by atoms with Crippen LogP contribution in [-0.4, -0.2) is 30.2 Å². The van der Waals surface area contributed by atoms with Gasteiger partial charge in [0.25, 0.3) is 5.69 Å². The third-order valence-corrected chi connectivity index (χ3v) is 2.56. The van der Waals surface area contributed by atoms with E-state index in [0.717, 1.165) is 6.07 Å². The number of esters is 1. The van der Waals surface area contributed by atoms with Crippen LogP contribution < -0.4 is 0 Å². The maximum absolute atomic E-state index is 11.8. The first-order chi connectivity index (χ1) is 8.95. The summed E-state index contributed by atoms with van der Waals surface area (Å²) in [4.78, 5) is 21.8. The third kappa shape index (κ3) is 4.50. The summed E-state index contributed by atoms with van der Waals surface area (Å²) in [7, 11) is 0. The van der Waals surface area contributed by atoms with Gasteiger partial charge in [0.2, 0.25) is 0 Å². The molecule has 0 aliphatic rings. The number of benzene rings is 1. The lowest BCUT2D eigenvalue weighted by molar-refractivity contribution is -0.384. The lowest BCUT2D eigenvalue weighted by Gasteiger charge is -2.12. The molecule has 0 aromatic heterocycles. The molecular formula is C12H14ClNO5. The monoisotopic (exact) mass is 287 g/mol. The molecule has 104 valence electrons. The number of nitro groups is 1. The lowest BCUT2D eigenvalue weighted by Crippen LogP contribution is -2.20. The van der Waals surface area contributed by atoms with Crippen molar-refractivity contribution in [2.75, 3.05) is 13.2 Å². The number of carbonyl (C=O) groups excluding carboxylic acids is 1. The highest BCUT2D eigenvalue weighted by Crippen LogP contribution is 2.25. The molecule has 0 fully saturated rings. The molecule has 0 saturated heterocycles. The van der Waals surface area contributed by atoms with Crippen LogP contribution in [0.25, 0.3) is 0 Å². The Morgan fingerprint density at radius 1 is 1.53 bits per heavy atom. The molecule has 1 rings (SSSR count). The summed E-state index contributed by atoms with van der Waals surface area (Å²) in [6, 6.07) is 3.77. The zero-order valence-electron chi connectivity index (χ0n) is 10.6. The molecule has 7 heteroatoms. The number of hydrogen-bond donors (Lipinski definition) is 0. The van der Waals surface area contributed by atoms with E-state index in [4.69, 9.17) is 21.1 Å². The quantitative estimate of drug-likeness (QED) is 0.457. The maximum atomic E-state index is 11.8. The highest BCUT2D eigenvalue weighted by atomic mass is 35.5. The Balaban J connectivity index is 2.77. The molecule has 1 unspecified atom stereocenters. The lowest BCUT2D eigenvalue weighted by atomic mass is 10.2. The standard InChI is InChI=1S/C12H14ClNO5/c1-3-18-7-8(2)19-12(15)9-4-5-10(13)11(6-9)14(16)17/h4-6,8H,3,7H2,1-2H3. The van der Waals surface area contributed by atoms with Gasteiger partial charge in [-0.25, -0.2) is 4.79 Å². The first kappa shape index (κ1) is 15.4. The summed E-state index contributed by atoms with van der Waals surface area (Å²) in [5.74, 6) is -0.646. The molecule has 0 saturated carbocycles. The first-order valence-electron chi connectivity index (χ1n) is 5.68. The second-order valence-electron chi connectivity index (χ2n) is 3.80. The van der Waals surface area contributed by atoms with E-state index >= 15 is 0 Å². The van der Waals surface area contributed by atoms with Crippen molar-refractivity contribution in [3.05, 3.63) is 38.9 Å². The number of nitrogens with zero attached hydrogens (tertiary/aromatic N) is 1. The van der Waals surface area contributed by atoms with Gasteiger partial charge in [0.05, 0.1) is 17.1 Å². The van der Waals surface area contributed by atoms with Gasteiger partial charge in [-0.05, 0) is 26.0 Å². The molecule has 0 spiro atoms. The van der Waals surface area contributed by atoms with E-state index < -0.39 is 17.0 Å². The number of nitro benzene ring substituents is 1. The van der Waals surface area contributed by atoms with Crippen LogP contribution in [0.4, 0.5) is 5.69 Å². The Bertz CT molecular complexity index is 477. The number of rotatable bonds is 6. The second kappa shape index (κ2) is 7.06. The van der Waals surface area contributed by atoms with Crippen LogP contribution >= 0.6 is 11.6 Å². The van der Waals surface area contributed by atoms with Crippen molar-refractivity contribution >= 4 is 23.3 Å². The minimum absolute atomic E-state index is 0.0242. The van der Waals surface area contributed by atoms with Crippen LogP contribution in [0, 0.1) is 10.1 Å². The van der Waals surface area contributed by atoms with Crippen molar-refractivity contribution in [2.45, 2.75) is 20.0 Å². The van der Waals surface area contributed by atoms with Crippen molar-refractivity contribution < 1.29 is 19.2 Å². The van der Waals surface area contributed by atoms with Crippen LogP contribution in [0.3, 0.4) is 0 Å². The maximum Gasteiger partial charge on any atom is 0.338 e. The molecule has 19 heavy (non-hydrogen) atoms. The smallest absolute Gasteiger partial charge is 0.338 e. The summed E-state index contributed by atoms with van der Waals surface area (Å²) in [6.07, 6.45) is -0.429. The fourth-order valence-corrected chi connectivity index (χ4v) is 1.53. The van der Waals surface area contributed by atoms with Crippen LogP contribution in [-0.2, 0) is 9.47 Å². The second-order valence-corrected chi connectivity index (χ2v) is 4.21. The fourth-order valence-electron chi connectivity index (χ4n) is 1.35. The minimum Gasteiger partial charge on any atom is -0.457 e. The molecule has 0 aliphatic heterocycles. The molecule has 0 radical (unpaired) electrons.